The fraction of sp³-hybridized carbons (Fsp3) is 0.167. The number of hydrogen-bond acceptors (Lipinski definition) is 3. The lowest BCUT2D eigenvalue weighted by Gasteiger charge is -2.08. The Balaban J connectivity index is 2.75. The van der Waals surface area contributed by atoms with E-state index in [1.54, 1.807) is 31.2 Å². The van der Waals surface area contributed by atoms with Gasteiger partial charge in [0.05, 0.1) is 18.4 Å². The predicted octanol–water partition coefficient (Wildman–Crippen LogP) is 1.50. The molecule has 6 heteroatoms. The Bertz CT molecular complexity index is 703. The van der Waals surface area contributed by atoms with Crippen molar-refractivity contribution in [3.8, 4) is 11.4 Å². The normalized spacial score (nSPS) is 10.4. The molecule has 1 heterocycles. The van der Waals surface area contributed by atoms with Crippen molar-refractivity contribution in [2.45, 2.75) is 6.92 Å². The zero-order chi connectivity index (χ0) is 13.3. The highest BCUT2D eigenvalue weighted by atomic mass is 35.5. The molecule has 5 nitrogen and oxygen atoms in total. The van der Waals surface area contributed by atoms with Gasteiger partial charge >= 0.3 is 5.69 Å². The first-order valence-electron chi connectivity index (χ1n) is 5.20. The van der Waals surface area contributed by atoms with Gasteiger partial charge in [0, 0.05) is 6.07 Å². The smallest absolute Gasteiger partial charge is 0.334 e. The number of aromatic amines is 1. The second kappa shape index (κ2) is 4.70. The SMILES string of the molecule is COc1cccc(-n2c(=O)[nH]c(Cl)c(C)c2=O)c1. The largest absolute Gasteiger partial charge is 0.497 e. The molecule has 2 aromatic rings. The van der Waals surface area contributed by atoms with E-state index in [-0.39, 0.29) is 5.15 Å². The van der Waals surface area contributed by atoms with Gasteiger partial charge in [0.1, 0.15) is 10.9 Å². The third-order valence-corrected chi connectivity index (χ3v) is 2.96. The molecule has 0 aliphatic carbocycles. The average Bonchev–Trinajstić information content (AvgIpc) is 2.36. The molecule has 0 saturated carbocycles. The van der Waals surface area contributed by atoms with E-state index in [4.69, 9.17) is 16.3 Å². The van der Waals surface area contributed by atoms with Crippen LogP contribution in [0.15, 0.2) is 33.9 Å². The molecule has 1 N–H and O–H groups in total. The first-order chi connectivity index (χ1) is 8.54. The quantitative estimate of drug-likeness (QED) is 0.838. The first-order valence-corrected chi connectivity index (χ1v) is 5.58. The molecule has 0 amide bonds. The summed E-state index contributed by atoms with van der Waals surface area (Å²) in [6.07, 6.45) is 0. The maximum absolute atomic E-state index is 12.0. The van der Waals surface area contributed by atoms with E-state index in [2.05, 4.69) is 4.98 Å². The summed E-state index contributed by atoms with van der Waals surface area (Å²) in [5.74, 6) is 0.561. The Hall–Kier alpha value is -2.01. The molecule has 0 atom stereocenters. The molecule has 18 heavy (non-hydrogen) atoms. The van der Waals surface area contributed by atoms with Crippen molar-refractivity contribution in [2.75, 3.05) is 7.11 Å². The number of methoxy groups -OCH3 is 1. The van der Waals surface area contributed by atoms with Crippen LogP contribution in [0.3, 0.4) is 0 Å². The Labute approximate surface area is 108 Å². The standard InChI is InChI=1S/C12H11ClN2O3/c1-7-10(13)14-12(17)15(11(7)16)8-4-3-5-9(6-8)18-2/h3-6H,1-2H3,(H,14,17). The molecular formula is C12H11ClN2O3. The summed E-state index contributed by atoms with van der Waals surface area (Å²) in [6.45, 7) is 1.55. The zero-order valence-electron chi connectivity index (χ0n) is 9.86. The predicted molar refractivity (Wildman–Crippen MR) is 69.0 cm³/mol. The van der Waals surface area contributed by atoms with Crippen LogP contribution in [0.25, 0.3) is 5.69 Å². The van der Waals surface area contributed by atoms with Crippen LogP contribution in [0.5, 0.6) is 5.75 Å². The van der Waals surface area contributed by atoms with Gasteiger partial charge in [0.15, 0.2) is 0 Å². The molecule has 0 aliphatic heterocycles. The van der Waals surface area contributed by atoms with E-state index < -0.39 is 11.2 Å². The highest BCUT2D eigenvalue weighted by Crippen LogP contribution is 2.14. The van der Waals surface area contributed by atoms with Crippen LogP contribution in [-0.4, -0.2) is 16.7 Å². The van der Waals surface area contributed by atoms with Gasteiger partial charge < -0.3 is 4.74 Å². The molecule has 0 bridgehead atoms. The Kier molecular flexibility index (Phi) is 3.25. The lowest BCUT2D eigenvalue weighted by atomic mass is 10.3. The second-order valence-electron chi connectivity index (χ2n) is 3.71. The van der Waals surface area contributed by atoms with Gasteiger partial charge in [-0.2, -0.15) is 0 Å². The maximum atomic E-state index is 12.0. The molecule has 0 spiro atoms. The molecule has 0 radical (unpaired) electrons. The highest BCUT2D eigenvalue weighted by Gasteiger charge is 2.10. The maximum Gasteiger partial charge on any atom is 0.334 e. The molecule has 0 saturated heterocycles. The summed E-state index contributed by atoms with van der Waals surface area (Å²) in [5, 5.41) is 0.0594. The molecule has 0 unspecified atom stereocenters. The van der Waals surface area contributed by atoms with Crippen LogP contribution in [0.2, 0.25) is 5.15 Å². The van der Waals surface area contributed by atoms with Crippen LogP contribution < -0.4 is 16.0 Å². The van der Waals surface area contributed by atoms with Gasteiger partial charge in [-0.05, 0) is 19.1 Å². The lowest BCUT2D eigenvalue weighted by Crippen LogP contribution is -2.35. The second-order valence-corrected chi connectivity index (χ2v) is 4.09. The van der Waals surface area contributed by atoms with Gasteiger partial charge in [-0.3, -0.25) is 9.78 Å². The number of hydrogen-bond donors (Lipinski definition) is 1. The summed E-state index contributed by atoms with van der Waals surface area (Å²) >= 11 is 5.74. The van der Waals surface area contributed by atoms with Gasteiger partial charge in [0.2, 0.25) is 0 Å². The van der Waals surface area contributed by atoms with E-state index in [1.807, 2.05) is 0 Å². The summed E-state index contributed by atoms with van der Waals surface area (Å²) in [4.78, 5) is 26.2. The first kappa shape index (κ1) is 12.4. The van der Waals surface area contributed by atoms with Gasteiger partial charge in [-0.1, -0.05) is 17.7 Å². The van der Waals surface area contributed by atoms with Crippen molar-refractivity contribution in [1.82, 2.24) is 9.55 Å². The van der Waals surface area contributed by atoms with Crippen molar-refractivity contribution >= 4 is 11.6 Å². The highest BCUT2D eigenvalue weighted by molar-refractivity contribution is 6.30. The monoisotopic (exact) mass is 266 g/mol. The molecular weight excluding hydrogens is 256 g/mol. The molecule has 1 aromatic carbocycles. The summed E-state index contributed by atoms with van der Waals surface area (Å²) in [7, 11) is 1.51. The van der Waals surface area contributed by atoms with Crippen LogP contribution in [0.1, 0.15) is 5.56 Å². The minimum atomic E-state index is -0.580. The third kappa shape index (κ3) is 2.04. The number of benzene rings is 1. The van der Waals surface area contributed by atoms with Crippen molar-refractivity contribution in [1.29, 1.82) is 0 Å². The fourth-order valence-corrected chi connectivity index (χ4v) is 1.74. The average molecular weight is 267 g/mol. The van der Waals surface area contributed by atoms with E-state index in [0.29, 0.717) is 17.0 Å². The number of halogens is 1. The molecule has 1 aromatic heterocycles. The Morgan fingerprint density at radius 2 is 2.06 bits per heavy atom. The van der Waals surface area contributed by atoms with Crippen LogP contribution in [-0.2, 0) is 0 Å². The van der Waals surface area contributed by atoms with Crippen LogP contribution in [0.4, 0.5) is 0 Å². The molecule has 94 valence electrons. The minimum Gasteiger partial charge on any atom is -0.497 e. The van der Waals surface area contributed by atoms with E-state index >= 15 is 0 Å². The van der Waals surface area contributed by atoms with Crippen molar-refractivity contribution in [3.63, 3.8) is 0 Å². The number of nitrogens with one attached hydrogen (secondary N) is 1. The summed E-state index contributed by atoms with van der Waals surface area (Å²) in [5.41, 5.74) is -0.305. The van der Waals surface area contributed by atoms with E-state index in [0.717, 1.165) is 4.57 Å². The zero-order valence-corrected chi connectivity index (χ0v) is 10.6. The lowest BCUT2D eigenvalue weighted by molar-refractivity contribution is 0.414. The topological polar surface area (TPSA) is 64.1 Å². The number of rotatable bonds is 2. The van der Waals surface area contributed by atoms with Crippen molar-refractivity contribution in [2.24, 2.45) is 0 Å². The van der Waals surface area contributed by atoms with Crippen LogP contribution >= 0.6 is 11.6 Å². The fourth-order valence-electron chi connectivity index (χ4n) is 1.58. The number of ether oxygens (including phenoxy) is 1. The molecule has 0 fully saturated rings. The summed E-state index contributed by atoms with van der Waals surface area (Å²) < 4.78 is 6.07. The Morgan fingerprint density at radius 1 is 1.33 bits per heavy atom. The van der Waals surface area contributed by atoms with Gasteiger partial charge in [-0.25, -0.2) is 9.36 Å². The van der Waals surface area contributed by atoms with Crippen molar-refractivity contribution < 1.29 is 4.74 Å². The van der Waals surface area contributed by atoms with Gasteiger partial charge in [0.25, 0.3) is 5.56 Å². The number of H-pyrrole nitrogens is 1. The molecule has 0 aliphatic rings. The summed E-state index contributed by atoms with van der Waals surface area (Å²) in [6, 6.07) is 6.67. The molecule has 2 rings (SSSR count). The minimum absolute atomic E-state index is 0.0594. The Morgan fingerprint density at radius 3 is 2.72 bits per heavy atom. The number of aromatic nitrogens is 2. The van der Waals surface area contributed by atoms with E-state index in [9.17, 15) is 9.59 Å². The van der Waals surface area contributed by atoms with Crippen LogP contribution in [0, 0.1) is 6.92 Å². The number of nitrogens with zero attached hydrogens (tertiary/aromatic N) is 1. The van der Waals surface area contributed by atoms with Gasteiger partial charge in [-0.15, -0.1) is 0 Å². The third-order valence-electron chi connectivity index (χ3n) is 2.58. The van der Waals surface area contributed by atoms with Crippen molar-refractivity contribution in [3.05, 3.63) is 55.8 Å². The van der Waals surface area contributed by atoms with E-state index in [1.165, 1.54) is 7.11 Å².